The lowest BCUT2D eigenvalue weighted by Gasteiger charge is -2.12. The first-order valence-electron chi connectivity index (χ1n) is 5.81. The molecule has 0 spiro atoms. The van der Waals surface area contributed by atoms with Gasteiger partial charge >= 0.3 is 19.2 Å². The first kappa shape index (κ1) is 16.8. The van der Waals surface area contributed by atoms with Crippen molar-refractivity contribution in [2.75, 3.05) is 6.61 Å². The topological polar surface area (TPSA) is 44.8 Å². The summed E-state index contributed by atoms with van der Waals surface area (Å²) in [4.78, 5) is 11.1. The van der Waals surface area contributed by atoms with Crippen LogP contribution in [0.25, 0.3) is 6.08 Å². The van der Waals surface area contributed by atoms with Crippen LogP contribution in [-0.4, -0.2) is 25.8 Å². The van der Waals surface area contributed by atoms with E-state index in [1.165, 1.54) is 12.1 Å². The lowest BCUT2D eigenvalue weighted by molar-refractivity contribution is -0.137. The van der Waals surface area contributed by atoms with Gasteiger partial charge in [-0.25, -0.2) is 4.79 Å². The standard InChI is InChI=1S/C13H12F4O4/c1-2-19-11(18)6-4-8-3-5-9(20-12(14)15)10(7-8)21-13(16)17/h3-7,12-13H,2H2,1H3. The molecule has 0 aliphatic rings. The monoisotopic (exact) mass is 308 g/mol. The molecule has 0 atom stereocenters. The maximum absolute atomic E-state index is 12.2. The molecule has 0 unspecified atom stereocenters. The molecule has 1 aromatic rings. The second kappa shape index (κ2) is 8.13. The predicted molar refractivity (Wildman–Crippen MR) is 65.4 cm³/mol. The molecular formula is C13H12F4O4. The Morgan fingerprint density at radius 1 is 1.14 bits per heavy atom. The molecule has 0 saturated carbocycles. The van der Waals surface area contributed by atoms with Gasteiger partial charge < -0.3 is 14.2 Å². The van der Waals surface area contributed by atoms with Gasteiger partial charge in [-0.1, -0.05) is 6.07 Å². The van der Waals surface area contributed by atoms with E-state index in [0.717, 1.165) is 18.2 Å². The summed E-state index contributed by atoms with van der Waals surface area (Å²) < 4.78 is 61.5. The fraction of sp³-hybridized carbons (Fsp3) is 0.308. The Balaban J connectivity index is 2.95. The molecule has 0 aliphatic carbocycles. The number of alkyl halides is 4. The molecule has 0 heterocycles. The van der Waals surface area contributed by atoms with Gasteiger partial charge in [0.15, 0.2) is 11.5 Å². The Kier molecular flexibility index (Phi) is 6.51. The van der Waals surface area contributed by atoms with Crippen molar-refractivity contribution in [1.29, 1.82) is 0 Å². The van der Waals surface area contributed by atoms with Gasteiger partial charge in [-0.05, 0) is 30.7 Å². The van der Waals surface area contributed by atoms with Crippen molar-refractivity contribution < 1.29 is 36.6 Å². The molecule has 0 N–H and O–H groups in total. The van der Waals surface area contributed by atoms with Gasteiger partial charge in [-0.3, -0.25) is 0 Å². The smallest absolute Gasteiger partial charge is 0.387 e. The van der Waals surface area contributed by atoms with Gasteiger partial charge in [0, 0.05) is 6.08 Å². The number of carbonyl (C=O) groups is 1. The number of ether oxygens (including phenoxy) is 3. The molecule has 1 aromatic carbocycles. The highest BCUT2D eigenvalue weighted by atomic mass is 19.3. The van der Waals surface area contributed by atoms with Crippen LogP contribution in [0.1, 0.15) is 12.5 Å². The van der Waals surface area contributed by atoms with Crippen LogP contribution in [0.15, 0.2) is 24.3 Å². The zero-order valence-corrected chi connectivity index (χ0v) is 10.9. The van der Waals surface area contributed by atoms with E-state index in [9.17, 15) is 22.4 Å². The summed E-state index contributed by atoms with van der Waals surface area (Å²) in [7, 11) is 0. The Labute approximate surface area is 117 Å². The van der Waals surface area contributed by atoms with Crippen molar-refractivity contribution in [3.63, 3.8) is 0 Å². The Morgan fingerprint density at radius 2 is 1.76 bits per heavy atom. The summed E-state index contributed by atoms with van der Waals surface area (Å²) in [5, 5.41) is 0. The van der Waals surface area contributed by atoms with E-state index in [1.807, 2.05) is 0 Å². The number of rotatable bonds is 7. The summed E-state index contributed by atoms with van der Waals surface area (Å²) in [6.07, 6.45) is 2.33. The van der Waals surface area contributed by atoms with E-state index in [0.29, 0.717) is 0 Å². The van der Waals surface area contributed by atoms with Crippen molar-refractivity contribution in [2.24, 2.45) is 0 Å². The average Bonchev–Trinajstić information content (AvgIpc) is 2.38. The molecule has 0 amide bonds. The van der Waals surface area contributed by atoms with Crippen LogP contribution in [0.5, 0.6) is 11.5 Å². The third-order valence-electron chi connectivity index (χ3n) is 2.10. The second-order valence-electron chi connectivity index (χ2n) is 3.55. The molecule has 0 bridgehead atoms. The normalized spacial score (nSPS) is 11.2. The number of esters is 1. The summed E-state index contributed by atoms with van der Waals surface area (Å²) in [5.41, 5.74) is 0.278. The molecule has 0 aromatic heterocycles. The minimum atomic E-state index is -3.20. The largest absolute Gasteiger partial charge is 0.463 e. The number of benzene rings is 1. The van der Waals surface area contributed by atoms with Gasteiger partial charge in [0.2, 0.25) is 0 Å². The van der Waals surface area contributed by atoms with Crippen LogP contribution in [0, 0.1) is 0 Å². The highest BCUT2D eigenvalue weighted by Crippen LogP contribution is 2.31. The Hall–Kier alpha value is -2.25. The fourth-order valence-electron chi connectivity index (χ4n) is 1.36. The number of hydrogen-bond donors (Lipinski definition) is 0. The van der Waals surface area contributed by atoms with E-state index in [2.05, 4.69) is 14.2 Å². The summed E-state index contributed by atoms with van der Waals surface area (Å²) in [6, 6.07) is 3.38. The highest BCUT2D eigenvalue weighted by Gasteiger charge is 2.14. The predicted octanol–water partition coefficient (Wildman–Crippen LogP) is 3.47. The second-order valence-corrected chi connectivity index (χ2v) is 3.55. The summed E-state index contributed by atoms with van der Waals surface area (Å²) in [6.45, 7) is -4.57. The zero-order valence-electron chi connectivity index (χ0n) is 10.9. The van der Waals surface area contributed by atoms with Crippen molar-refractivity contribution in [3.05, 3.63) is 29.8 Å². The minimum absolute atomic E-state index is 0.185. The molecular weight excluding hydrogens is 296 g/mol. The molecule has 116 valence electrons. The van der Waals surface area contributed by atoms with Crippen molar-refractivity contribution in [2.45, 2.75) is 20.1 Å². The SMILES string of the molecule is CCOC(=O)C=Cc1ccc(OC(F)F)c(OC(F)F)c1. The van der Waals surface area contributed by atoms with Gasteiger partial charge in [-0.15, -0.1) is 0 Å². The van der Waals surface area contributed by atoms with Gasteiger partial charge in [0.05, 0.1) is 6.61 Å². The lowest BCUT2D eigenvalue weighted by atomic mass is 10.2. The van der Waals surface area contributed by atoms with Crippen LogP contribution >= 0.6 is 0 Å². The maximum atomic E-state index is 12.2. The van der Waals surface area contributed by atoms with Crippen LogP contribution in [0.4, 0.5) is 17.6 Å². The van der Waals surface area contributed by atoms with Gasteiger partial charge in [-0.2, -0.15) is 17.6 Å². The Morgan fingerprint density at radius 3 is 2.33 bits per heavy atom. The van der Waals surface area contributed by atoms with Crippen LogP contribution in [-0.2, 0) is 9.53 Å². The molecule has 1 rings (SSSR count). The molecule has 0 saturated heterocycles. The third kappa shape index (κ3) is 6.15. The van der Waals surface area contributed by atoms with E-state index in [-0.39, 0.29) is 12.2 Å². The minimum Gasteiger partial charge on any atom is -0.463 e. The van der Waals surface area contributed by atoms with Crippen LogP contribution < -0.4 is 9.47 Å². The highest BCUT2D eigenvalue weighted by molar-refractivity contribution is 5.87. The van der Waals surface area contributed by atoms with Crippen molar-refractivity contribution >= 4 is 12.0 Å². The molecule has 4 nitrogen and oxygen atoms in total. The molecule has 0 radical (unpaired) electrons. The molecule has 0 fully saturated rings. The van der Waals surface area contributed by atoms with E-state index in [1.54, 1.807) is 6.92 Å². The van der Waals surface area contributed by atoms with Crippen LogP contribution in [0.3, 0.4) is 0 Å². The zero-order chi connectivity index (χ0) is 15.8. The number of carbonyl (C=O) groups excluding carboxylic acids is 1. The molecule has 21 heavy (non-hydrogen) atoms. The van der Waals surface area contributed by atoms with Gasteiger partial charge in [0.1, 0.15) is 0 Å². The van der Waals surface area contributed by atoms with Gasteiger partial charge in [0.25, 0.3) is 0 Å². The average molecular weight is 308 g/mol. The molecule has 8 heteroatoms. The first-order valence-corrected chi connectivity index (χ1v) is 5.81. The summed E-state index contributed by atoms with van der Waals surface area (Å²) in [5.74, 6) is -1.71. The van der Waals surface area contributed by atoms with E-state index in [4.69, 9.17) is 0 Å². The maximum Gasteiger partial charge on any atom is 0.387 e. The molecule has 0 aliphatic heterocycles. The van der Waals surface area contributed by atoms with Crippen molar-refractivity contribution in [3.8, 4) is 11.5 Å². The van der Waals surface area contributed by atoms with E-state index < -0.39 is 30.7 Å². The third-order valence-corrected chi connectivity index (χ3v) is 2.10. The number of hydrogen-bond acceptors (Lipinski definition) is 4. The fourth-order valence-corrected chi connectivity index (χ4v) is 1.36. The van der Waals surface area contributed by atoms with Crippen LogP contribution in [0.2, 0.25) is 0 Å². The number of halogens is 4. The van der Waals surface area contributed by atoms with E-state index >= 15 is 0 Å². The quantitative estimate of drug-likeness (QED) is 0.439. The first-order chi connectivity index (χ1) is 9.92. The Bertz CT molecular complexity index is 503. The summed E-state index contributed by atoms with van der Waals surface area (Å²) >= 11 is 0. The van der Waals surface area contributed by atoms with Crippen molar-refractivity contribution in [1.82, 2.24) is 0 Å². The lowest BCUT2D eigenvalue weighted by Crippen LogP contribution is -2.07.